The molecule has 1 spiro atoms. The maximum absolute atomic E-state index is 13.0. The summed E-state index contributed by atoms with van der Waals surface area (Å²) in [5, 5.41) is 5.66. The van der Waals surface area contributed by atoms with E-state index in [1.165, 1.54) is 5.56 Å². The van der Waals surface area contributed by atoms with Crippen molar-refractivity contribution < 1.29 is 14.4 Å². The third kappa shape index (κ3) is 3.26. The molecule has 0 aromatic heterocycles. The van der Waals surface area contributed by atoms with E-state index in [0.29, 0.717) is 19.4 Å². The molecule has 6 nitrogen and oxygen atoms in total. The summed E-state index contributed by atoms with van der Waals surface area (Å²) in [6, 6.07) is 15.3. The number of imide groups is 1. The van der Waals surface area contributed by atoms with Crippen LogP contribution in [0.4, 0.5) is 4.79 Å². The normalized spacial score (nSPS) is 20.8. The van der Waals surface area contributed by atoms with E-state index < -0.39 is 11.6 Å². The van der Waals surface area contributed by atoms with Gasteiger partial charge in [0.1, 0.15) is 12.1 Å². The van der Waals surface area contributed by atoms with Crippen LogP contribution in [0, 0.1) is 6.92 Å². The highest BCUT2D eigenvalue weighted by Gasteiger charge is 2.52. The van der Waals surface area contributed by atoms with Crippen LogP contribution in [0.5, 0.6) is 0 Å². The SMILES string of the molecule is Cc1ccccc1CNC(=O)CN1C(=O)NC2(CCc3ccccc3C2)C1=O. The van der Waals surface area contributed by atoms with Gasteiger partial charge in [-0.25, -0.2) is 4.79 Å². The monoisotopic (exact) mass is 377 g/mol. The summed E-state index contributed by atoms with van der Waals surface area (Å²) in [5.74, 6) is -0.655. The number of nitrogens with one attached hydrogen (secondary N) is 2. The zero-order valence-corrected chi connectivity index (χ0v) is 15.8. The zero-order valence-electron chi connectivity index (χ0n) is 15.8. The van der Waals surface area contributed by atoms with Crippen LogP contribution >= 0.6 is 0 Å². The number of aryl methyl sites for hydroxylation is 2. The Morgan fingerprint density at radius 2 is 1.82 bits per heavy atom. The summed E-state index contributed by atoms with van der Waals surface area (Å²) in [4.78, 5) is 38.9. The topological polar surface area (TPSA) is 78.5 Å². The van der Waals surface area contributed by atoms with Gasteiger partial charge in [-0.05, 0) is 42.0 Å². The summed E-state index contributed by atoms with van der Waals surface area (Å²) in [6.45, 7) is 2.08. The minimum absolute atomic E-state index is 0.264. The number of benzene rings is 2. The smallest absolute Gasteiger partial charge is 0.325 e. The van der Waals surface area contributed by atoms with Crippen molar-refractivity contribution in [3.05, 3.63) is 70.8 Å². The van der Waals surface area contributed by atoms with Crippen molar-refractivity contribution in [3.63, 3.8) is 0 Å². The Morgan fingerprint density at radius 3 is 2.61 bits per heavy atom. The van der Waals surface area contributed by atoms with Gasteiger partial charge in [0.05, 0.1) is 0 Å². The largest absolute Gasteiger partial charge is 0.350 e. The molecule has 0 bridgehead atoms. The average Bonchev–Trinajstić information content (AvgIpc) is 2.91. The van der Waals surface area contributed by atoms with Crippen LogP contribution in [0.25, 0.3) is 0 Å². The minimum Gasteiger partial charge on any atom is -0.350 e. The van der Waals surface area contributed by atoms with Crippen molar-refractivity contribution in [2.24, 2.45) is 0 Å². The molecule has 1 aliphatic heterocycles. The van der Waals surface area contributed by atoms with Crippen molar-refractivity contribution in [2.45, 2.75) is 38.3 Å². The molecule has 2 aliphatic rings. The molecule has 0 radical (unpaired) electrons. The van der Waals surface area contributed by atoms with Gasteiger partial charge in [-0.15, -0.1) is 0 Å². The number of rotatable bonds is 4. The van der Waals surface area contributed by atoms with E-state index in [9.17, 15) is 14.4 Å². The molecule has 144 valence electrons. The summed E-state index contributed by atoms with van der Waals surface area (Å²) in [7, 11) is 0. The number of amides is 4. The van der Waals surface area contributed by atoms with Crippen LogP contribution in [-0.2, 0) is 29.0 Å². The van der Waals surface area contributed by atoms with E-state index in [1.54, 1.807) is 0 Å². The molecule has 1 unspecified atom stereocenters. The predicted molar refractivity (Wildman–Crippen MR) is 104 cm³/mol. The number of nitrogens with zero attached hydrogens (tertiary/aromatic N) is 1. The first-order chi connectivity index (χ1) is 13.5. The zero-order chi connectivity index (χ0) is 19.7. The highest BCUT2D eigenvalue weighted by molar-refractivity contribution is 6.09. The summed E-state index contributed by atoms with van der Waals surface area (Å²) >= 11 is 0. The van der Waals surface area contributed by atoms with Crippen LogP contribution in [-0.4, -0.2) is 34.8 Å². The molecular weight excluding hydrogens is 354 g/mol. The molecule has 4 amide bonds. The van der Waals surface area contributed by atoms with Crippen molar-refractivity contribution in [2.75, 3.05) is 6.54 Å². The second-order valence-electron chi connectivity index (χ2n) is 7.55. The summed E-state index contributed by atoms with van der Waals surface area (Å²) in [5.41, 5.74) is 3.45. The van der Waals surface area contributed by atoms with E-state index in [-0.39, 0.29) is 18.4 Å². The van der Waals surface area contributed by atoms with E-state index in [2.05, 4.69) is 16.7 Å². The van der Waals surface area contributed by atoms with E-state index in [1.807, 2.05) is 49.4 Å². The highest BCUT2D eigenvalue weighted by atomic mass is 16.2. The number of carbonyl (C=O) groups is 3. The lowest BCUT2D eigenvalue weighted by Gasteiger charge is -2.32. The molecule has 4 rings (SSSR count). The van der Waals surface area contributed by atoms with E-state index in [4.69, 9.17) is 0 Å². The lowest BCUT2D eigenvalue weighted by Crippen LogP contribution is -2.51. The Labute approximate surface area is 163 Å². The fourth-order valence-electron chi connectivity index (χ4n) is 4.05. The lowest BCUT2D eigenvalue weighted by atomic mass is 9.78. The molecular formula is C22H23N3O3. The Morgan fingerprint density at radius 1 is 1.11 bits per heavy atom. The highest BCUT2D eigenvalue weighted by Crippen LogP contribution is 2.33. The van der Waals surface area contributed by atoms with Gasteiger partial charge in [-0.2, -0.15) is 0 Å². The summed E-state index contributed by atoms with van der Waals surface area (Å²) < 4.78 is 0. The third-order valence-electron chi connectivity index (χ3n) is 5.72. The molecule has 2 aromatic rings. The molecule has 2 N–H and O–H groups in total. The molecule has 1 atom stereocenters. The Balaban J connectivity index is 1.42. The van der Waals surface area contributed by atoms with Gasteiger partial charge in [0.25, 0.3) is 5.91 Å². The Kier molecular flexibility index (Phi) is 4.63. The fraction of sp³-hybridized carbons (Fsp3) is 0.318. The second-order valence-corrected chi connectivity index (χ2v) is 7.55. The van der Waals surface area contributed by atoms with Crippen LogP contribution < -0.4 is 10.6 Å². The molecule has 1 saturated heterocycles. The van der Waals surface area contributed by atoms with E-state index in [0.717, 1.165) is 28.0 Å². The van der Waals surface area contributed by atoms with Crippen molar-refractivity contribution in [1.82, 2.24) is 15.5 Å². The fourth-order valence-corrected chi connectivity index (χ4v) is 4.05. The van der Waals surface area contributed by atoms with Crippen LogP contribution in [0.2, 0.25) is 0 Å². The molecule has 6 heteroatoms. The quantitative estimate of drug-likeness (QED) is 0.801. The first kappa shape index (κ1) is 18.2. The molecule has 1 aliphatic carbocycles. The molecule has 28 heavy (non-hydrogen) atoms. The lowest BCUT2D eigenvalue weighted by molar-refractivity contribution is -0.135. The van der Waals surface area contributed by atoms with Crippen LogP contribution in [0.15, 0.2) is 48.5 Å². The van der Waals surface area contributed by atoms with E-state index >= 15 is 0 Å². The van der Waals surface area contributed by atoms with Crippen LogP contribution in [0.3, 0.4) is 0 Å². The number of fused-ring (bicyclic) bond motifs is 1. The van der Waals surface area contributed by atoms with Gasteiger partial charge in [0, 0.05) is 13.0 Å². The van der Waals surface area contributed by atoms with Gasteiger partial charge < -0.3 is 10.6 Å². The van der Waals surface area contributed by atoms with Crippen LogP contribution in [0.1, 0.15) is 28.7 Å². The maximum Gasteiger partial charge on any atom is 0.325 e. The maximum atomic E-state index is 13.0. The molecule has 0 saturated carbocycles. The standard InChI is InChI=1S/C22H23N3O3/c1-15-6-2-3-9-18(15)13-23-19(26)14-25-20(27)22(24-21(25)28)11-10-16-7-4-5-8-17(16)12-22/h2-9H,10-14H2,1H3,(H,23,26)(H,24,28). The first-order valence-electron chi connectivity index (χ1n) is 9.51. The number of urea groups is 1. The van der Waals surface area contributed by atoms with Gasteiger partial charge in [0.2, 0.25) is 5.91 Å². The molecule has 1 fully saturated rings. The van der Waals surface area contributed by atoms with Crippen molar-refractivity contribution in [3.8, 4) is 0 Å². The van der Waals surface area contributed by atoms with Crippen molar-refractivity contribution in [1.29, 1.82) is 0 Å². The second kappa shape index (κ2) is 7.11. The third-order valence-corrected chi connectivity index (χ3v) is 5.72. The van der Waals surface area contributed by atoms with Gasteiger partial charge in [0.15, 0.2) is 0 Å². The first-order valence-corrected chi connectivity index (χ1v) is 9.51. The van der Waals surface area contributed by atoms with Gasteiger partial charge >= 0.3 is 6.03 Å². The predicted octanol–water partition coefficient (Wildman–Crippen LogP) is 2.09. The minimum atomic E-state index is -0.929. The van der Waals surface area contributed by atoms with Crippen molar-refractivity contribution >= 4 is 17.8 Å². The number of carbonyl (C=O) groups excluding carboxylic acids is 3. The Bertz CT molecular complexity index is 956. The van der Waals surface area contributed by atoms with Gasteiger partial charge in [-0.1, -0.05) is 48.5 Å². The summed E-state index contributed by atoms with van der Waals surface area (Å²) in [6.07, 6.45) is 1.75. The number of hydrogen-bond donors (Lipinski definition) is 2. The number of hydrogen-bond acceptors (Lipinski definition) is 3. The van der Waals surface area contributed by atoms with Gasteiger partial charge in [-0.3, -0.25) is 14.5 Å². The average molecular weight is 377 g/mol. The molecule has 2 aromatic carbocycles. The molecule has 1 heterocycles. The Hall–Kier alpha value is -3.15.